The summed E-state index contributed by atoms with van der Waals surface area (Å²) in [7, 11) is -2.08. The van der Waals surface area contributed by atoms with Crippen LogP contribution in [0.5, 0.6) is 0 Å². The summed E-state index contributed by atoms with van der Waals surface area (Å²) < 4.78 is 39.9. The molecular formula is C23H21FN4O4S. The largest absolute Gasteiger partial charge is 0.395 e. The van der Waals surface area contributed by atoms with Crippen LogP contribution >= 0.6 is 0 Å². The SMILES string of the molecule is CN(CCO)C(=O)c1ccc2c(c1)c(-c1ncc(-c3ccccc3F)cn1)cn2S(C)(=O)=O. The van der Waals surface area contributed by atoms with Gasteiger partial charge in [-0.15, -0.1) is 0 Å². The van der Waals surface area contributed by atoms with Crippen LogP contribution < -0.4 is 0 Å². The molecule has 4 rings (SSSR count). The topological polar surface area (TPSA) is 105 Å². The van der Waals surface area contributed by atoms with Gasteiger partial charge >= 0.3 is 0 Å². The Hall–Kier alpha value is -3.63. The zero-order valence-corrected chi connectivity index (χ0v) is 18.8. The molecule has 0 saturated heterocycles. The lowest BCUT2D eigenvalue weighted by Gasteiger charge is -2.15. The molecule has 2 aromatic carbocycles. The van der Waals surface area contributed by atoms with Gasteiger partial charge < -0.3 is 10.0 Å². The van der Waals surface area contributed by atoms with Gasteiger partial charge in [0, 0.05) is 59.8 Å². The molecule has 4 aromatic rings. The van der Waals surface area contributed by atoms with Crippen LogP contribution in [0.2, 0.25) is 0 Å². The van der Waals surface area contributed by atoms with Crippen LogP contribution in [-0.4, -0.2) is 64.7 Å². The Morgan fingerprint density at radius 3 is 2.45 bits per heavy atom. The third-order valence-electron chi connectivity index (χ3n) is 5.23. The molecule has 0 aliphatic rings. The fourth-order valence-corrected chi connectivity index (χ4v) is 4.37. The molecule has 0 radical (unpaired) electrons. The number of likely N-dealkylation sites (N-methyl/N-ethyl adjacent to an activating group) is 1. The molecule has 0 saturated carbocycles. The quantitative estimate of drug-likeness (QED) is 0.467. The average molecular weight is 469 g/mol. The van der Waals surface area contributed by atoms with Crippen LogP contribution in [0.25, 0.3) is 33.4 Å². The van der Waals surface area contributed by atoms with Gasteiger partial charge in [0.25, 0.3) is 5.91 Å². The first kappa shape index (κ1) is 22.6. The number of carbonyl (C=O) groups excluding carboxylic acids is 1. The molecule has 1 N–H and O–H groups in total. The normalized spacial score (nSPS) is 11.6. The molecule has 0 atom stereocenters. The Kier molecular flexibility index (Phi) is 5.96. The van der Waals surface area contributed by atoms with Crippen molar-refractivity contribution >= 4 is 26.8 Å². The van der Waals surface area contributed by atoms with Crippen molar-refractivity contribution in [2.75, 3.05) is 26.5 Å². The van der Waals surface area contributed by atoms with E-state index in [2.05, 4.69) is 9.97 Å². The predicted molar refractivity (Wildman–Crippen MR) is 123 cm³/mol. The van der Waals surface area contributed by atoms with Crippen molar-refractivity contribution in [2.24, 2.45) is 0 Å². The van der Waals surface area contributed by atoms with Gasteiger partial charge in [-0.25, -0.2) is 26.7 Å². The van der Waals surface area contributed by atoms with Crippen molar-refractivity contribution in [3.05, 3.63) is 72.4 Å². The molecule has 0 spiro atoms. The van der Waals surface area contributed by atoms with Crippen molar-refractivity contribution in [2.45, 2.75) is 0 Å². The maximum absolute atomic E-state index is 14.1. The lowest BCUT2D eigenvalue weighted by Crippen LogP contribution is -2.29. The number of hydrogen-bond acceptors (Lipinski definition) is 6. The van der Waals surface area contributed by atoms with Gasteiger partial charge in [-0.3, -0.25) is 4.79 Å². The van der Waals surface area contributed by atoms with E-state index in [0.29, 0.717) is 33.2 Å². The Morgan fingerprint density at radius 2 is 1.82 bits per heavy atom. The Labute approximate surface area is 190 Å². The first-order valence-corrected chi connectivity index (χ1v) is 11.8. The van der Waals surface area contributed by atoms with Crippen LogP contribution in [0, 0.1) is 5.82 Å². The minimum absolute atomic E-state index is 0.161. The van der Waals surface area contributed by atoms with E-state index in [0.717, 1.165) is 10.2 Å². The fraction of sp³-hybridized carbons (Fsp3) is 0.174. The Balaban J connectivity index is 1.85. The molecule has 33 heavy (non-hydrogen) atoms. The van der Waals surface area contributed by atoms with E-state index in [-0.39, 0.29) is 24.9 Å². The van der Waals surface area contributed by atoms with Crippen molar-refractivity contribution in [1.82, 2.24) is 18.8 Å². The minimum atomic E-state index is -3.65. The summed E-state index contributed by atoms with van der Waals surface area (Å²) >= 11 is 0. The molecule has 2 aromatic heterocycles. The number of amides is 1. The van der Waals surface area contributed by atoms with Crippen molar-refractivity contribution in [3.8, 4) is 22.5 Å². The first-order chi connectivity index (χ1) is 15.7. The summed E-state index contributed by atoms with van der Waals surface area (Å²) in [6, 6.07) is 10.9. The van der Waals surface area contributed by atoms with Gasteiger partial charge in [0.1, 0.15) is 5.82 Å². The van der Waals surface area contributed by atoms with Gasteiger partial charge in [-0.1, -0.05) is 18.2 Å². The lowest BCUT2D eigenvalue weighted by atomic mass is 10.1. The first-order valence-electron chi connectivity index (χ1n) is 10.00. The molecule has 0 unspecified atom stereocenters. The predicted octanol–water partition coefficient (Wildman–Crippen LogP) is 2.78. The van der Waals surface area contributed by atoms with E-state index in [1.165, 1.54) is 35.6 Å². The zero-order chi connectivity index (χ0) is 23.8. The molecule has 0 aliphatic heterocycles. The second-order valence-electron chi connectivity index (χ2n) is 7.56. The van der Waals surface area contributed by atoms with E-state index < -0.39 is 15.8 Å². The van der Waals surface area contributed by atoms with Crippen LogP contribution in [0.1, 0.15) is 10.4 Å². The number of aliphatic hydroxyl groups is 1. The third-order valence-corrected chi connectivity index (χ3v) is 6.25. The molecule has 170 valence electrons. The summed E-state index contributed by atoms with van der Waals surface area (Å²) in [5.74, 6) is -0.492. The number of rotatable bonds is 6. The van der Waals surface area contributed by atoms with E-state index in [4.69, 9.17) is 5.11 Å². The van der Waals surface area contributed by atoms with Crippen LogP contribution in [-0.2, 0) is 10.0 Å². The van der Waals surface area contributed by atoms with Crippen molar-refractivity contribution < 1.29 is 22.7 Å². The zero-order valence-electron chi connectivity index (χ0n) is 17.9. The van der Waals surface area contributed by atoms with Crippen LogP contribution in [0.15, 0.2) is 61.1 Å². The van der Waals surface area contributed by atoms with Crippen LogP contribution in [0.3, 0.4) is 0 Å². The molecule has 0 fully saturated rings. The standard InChI is InChI=1S/C23H21FN4O4S/c1-27(9-10-29)23(30)15-7-8-21-18(11-15)19(14-28(21)33(2,31)32)22-25-12-16(13-26-22)17-5-3-4-6-20(17)24/h3-8,11-14,29H,9-10H2,1-2H3. The second kappa shape index (κ2) is 8.72. The molecule has 8 nitrogen and oxygen atoms in total. The highest BCUT2D eigenvalue weighted by molar-refractivity contribution is 7.89. The molecule has 0 aliphatic carbocycles. The van der Waals surface area contributed by atoms with E-state index in [9.17, 15) is 17.6 Å². The van der Waals surface area contributed by atoms with Gasteiger partial charge in [-0.2, -0.15) is 0 Å². The summed E-state index contributed by atoms with van der Waals surface area (Å²) in [6.45, 7) is -0.0168. The number of aromatic nitrogens is 3. The van der Waals surface area contributed by atoms with Crippen LogP contribution in [0.4, 0.5) is 4.39 Å². The minimum Gasteiger partial charge on any atom is -0.395 e. The molecule has 10 heteroatoms. The van der Waals surface area contributed by atoms with E-state index in [1.807, 2.05) is 0 Å². The summed E-state index contributed by atoms with van der Waals surface area (Å²) in [5.41, 5.74) is 1.94. The Bertz CT molecular complexity index is 1450. The highest BCUT2D eigenvalue weighted by Crippen LogP contribution is 2.31. The highest BCUT2D eigenvalue weighted by Gasteiger charge is 2.20. The van der Waals surface area contributed by atoms with Gasteiger partial charge in [0.15, 0.2) is 5.82 Å². The second-order valence-corrected chi connectivity index (χ2v) is 9.42. The fourth-order valence-electron chi connectivity index (χ4n) is 3.56. The van der Waals surface area contributed by atoms with Crippen molar-refractivity contribution in [3.63, 3.8) is 0 Å². The number of aliphatic hydroxyl groups excluding tert-OH is 1. The smallest absolute Gasteiger partial charge is 0.253 e. The van der Waals surface area contributed by atoms with E-state index in [1.54, 1.807) is 37.4 Å². The average Bonchev–Trinajstić information content (AvgIpc) is 3.18. The molecule has 2 heterocycles. The number of nitrogens with zero attached hydrogens (tertiary/aromatic N) is 4. The maximum atomic E-state index is 14.1. The number of fused-ring (bicyclic) bond motifs is 1. The monoisotopic (exact) mass is 468 g/mol. The van der Waals surface area contributed by atoms with E-state index >= 15 is 0 Å². The number of benzene rings is 2. The lowest BCUT2D eigenvalue weighted by molar-refractivity contribution is 0.0767. The number of carbonyl (C=O) groups is 1. The number of halogens is 1. The number of hydrogen-bond donors (Lipinski definition) is 1. The summed E-state index contributed by atoms with van der Waals surface area (Å²) in [5, 5.41) is 9.58. The molecule has 1 amide bonds. The molecule has 0 bridgehead atoms. The van der Waals surface area contributed by atoms with Gasteiger partial charge in [0.05, 0.1) is 18.4 Å². The summed E-state index contributed by atoms with van der Waals surface area (Å²) in [4.78, 5) is 22.7. The van der Waals surface area contributed by atoms with Gasteiger partial charge in [0.2, 0.25) is 10.0 Å². The maximum Gasteiger partial charge on any atom is 0.253 e. The Morgan fingerprint density at radius 1 is 1.12 bits per heavy atom. The van der Waals surface area contributed by atoms with Gasteiger partial charge in [-0.05, 0) is 24.3 Å². The summed E-state index contributed by atoms with van der Waals surface area (Å²) in [6.07, 6.45) is 5.42. The highest BCUT2D eigenvalue weighted by atomic mass is 32.2. The van der Waals surface area contributed by atoms with Crippen molar-refractivity contribution in [1.29, 1.82) is 0 Å². The third kappa shape index (κ3) is 4.35. The molecular weight excluding hydrogens is 447 g/mol.